The summed E-state index contributed by atoms with van der Waals surface area (Å²) in [5, 5.41) is 2.09. The van der Waals surface area contributed by atoms with E-state index in [1.165, 1.54) is 4.88 Å². The predicted octanol–water partition coefficient (Wildman–Crippen LogP) is 2.48. The molecule has 1 rings (SSSR count). The first-order chi connectivity index (χ1) is 7.69. The summed E-state index contributed by atoms with van der Waals surface area (Å²) in [5.41, 5.74) is 5.83. The molecule has 0 radical (unpaired) electrons. The number of ether oxygens (including phenoxy) is 1. The first kappa shape index (κ1) is 14.1. The lowest BCUT2D eigenvalue weighted by Crippen LogP contribution is -2.32. The molecule has 1 aromatic rings. The fraction of sp³-hybridized carbons (Fsp3) is 0.636. The Hall–Kier alpha value is 0.0600. The third-order valence-electron chi connectivity index (χ3n) is 2.46. The van der Waals surface area contributed by atoms with Crippen LogP contribution in [0.1, 0.15) is 17.8 Å². The largest absolute Gasteiger partial charge is 0.380 e. The molecule has 0 amide bonds. The van der Waals surface area contributed by atoms with Gasteiger partial charge in [-0.05, 0) is 36.0 Å². The zero-order valence-corrected chi connectivity index (χ0v) is 12.2. The van der Waals surface area contributed by atoms with Crippen LogP contribution in [0.2, 0.25) is 0 Å². The summed E-state index contributed by atoms with van der Waals surface area (Å²) in [7, 11) is 2.09. The standard InChI is InChI=1S/C11H19BrN2OS/c1-3-15-5-4-14(2)10(7-13)11-6-9(12)8-16-11/h6,8,10H,3-5,7,13H2,1-2H3. The monoisotopic (exact) mass is 306 g/mol. The van der Waals surface area contributed by atoms with Gasteiger partial charge < -0.3 is 10.5 Å². The van der Waals surface area contributed by atoms with Crippen molar-refractivity contribution in [3.05, 3.63) is 20.8 Å². The smallest absolute Gasteiger partial charge is 0.0593 e. The third kappa shape index (κ3) is 4.14. The van der Waals surface area contributed by atoms with Crippen LogP contribution in [0.5, 0.6) is 0 Å². The summed E-state index contributed by atoms with van der Waals surface area (Å²) in [5.74, 6) is 0. The van der Waals surface area contributed by atoms with Crippen LogP contribution in [-0.2, 0) is 4.74 Å². The Balaban J connectivity index is 2.53. The second kappa shape index (κ2) is 7.40. The number of nitrogens with two attached hydrogens (primary N) is 1. The minimum Gasteiger partial charge on any atom is -0.380 e. The maximum Gasteiger partial charge on any atom is 0.0593 e. The van der Waals surface area contributed by atoms with E-state index in [1.54, 1.807) is 11.3 Å². The highest BCUT2D eigenvalue weighted by atomic mass is 79.9. The van der Waals surface area contributed by atoms with Crippen LogP contribution in [0.3, 0.4) is 0 Å². The van der Waals surface area contributed by atoms with Crippen LogP contribution in [0.25, 0.3) is 0 Å². The highest BCUT2D eigenvalue weighted by molar-refractivity contribution is 9.10. The molecule has 0 saturated carbocycles. The van der Waals surface area contributed by atoms with Crippen molar-refractivity contribution in [1.29, 1.82) is 0 Å². The van der Waals surface area contributed by atoms with Crippen LogP contribution in [0, 0.1) is 0 Å². The minimum absolute atomic E-state index is 0.289. The summed E-state index contributed by atoms with van der Waals surface area (Å²) >= 11 is 5.21. The summed E-state index contributed by atoms with van der Waals surface area (Å²) in [6.07, 6.45) is 0. The lowest BCUT2D eigenvalue weighted by Gasteiger charge is -2.25. The average Bonchev–Trinajstić information content (AvgIpc) is 2.66. The van der Waals surface area contributed by atoms with Gasteiger partial charge in [0.05, 0.1) is 12.6 Å². The molecule has 0 aliphatic carbocycles. The molecule has 1 aromatic heterocycles. The van der Waals surface area contributed by atoms with Crippen LogP contribution in [0.4, 0.5) is 0 Å². The number of halogens is 1. The van der Waals surface area contributed by atoms with Crippen molar-refractivity contribution in [2.45, 2.75) is 13.0 Å². The molecule has 1 heterocycles. The average molecular weight is 307 g/mol. The highest BCUT2D eigenvalue weighted by Gasteiger charge is 2.16. The number of rotatable bonds is 7. The molecule has 0 fully saturated rings. The zero-order chi connectivity index (χ0) is 12.0. The van der Waals surface area contributed by atoms with Crippen molar-refractivity contribution in [3.8, 4) is 0 Å². The van der Waals surface area contributed by atoms with E-state index in [-0.39, 0.29) is 6.04 Å². The normalized spacial score (nSPS) is 13.3. The number of hydrogen-bond acceptors (Lipinski definition) is 4. The fourth-order valence-electron chi connectivity index (χ4n) is 1.53. The Bertz CT molecular complexity index is 306. The second-order valence-corrected chi connectivity index (χ2v) is 5.45. The fourth-order valence-corrected chi connectivity index (χ4v) is 3.15. The van der Waals surface area contributed by atoms with E-state index in [9.17, 15) is 0 Å². The topological polar surface area (TPSA) is 38.5 Å². The van der Waals surface area contributed by atoms with Gasteiger partial charge in [-0.2, -0.15) is 0 Å². The lowest BCUT2D eigenvalue weighted by atomic mass is 10.2. The van der Waals surface area contributed by atoms with Crippen LogP contribution < -0.4 is 5.73 Å². The molecule has 0 aromatic carbocycles. The first-order valence-corrected chi connectivity index (χ1v) is 7.08. The lowest BCUT2D eigenvalue weighted by molar-refractivity contribution is 0.109. The van der Waals surface area contributed by atoms with E-state index in [0.717, 1.165) is 24.2 Å². The van der Waals surface area contributed by atoms with Gasteiger partial charge in [-0.3, -0.25) is 4.90 Å². The van der Waals surface area contributed by atoms with E-state index in [4.69, 9.17) is 10.5 Å². The molecular formula is C11H19BrN2OS. The molecule has 1 atom stereocenters. The molecule has 92 valence electrons. The molecule has 5 heteroatoms. The molecule has 0 spiro atoms. The van der Waals surface area contributed by atoms with Gasteiger partial charge in [0, 0.05) is 34.4 Å². The first-order valence-electron chi connectivity index (χ1n) is 5.41. The number of hydrogen-bond donors (Lipinski definition) is 1. The van der Waals surface area contributed by atoms with E-state index in [2.05, 4.69) is 39.3 Å². The quantitative estimate of drug-likeness (QED) is 0.787. The van der Waals surface area contributed by atoms with Gasteiger partial charge in [-0.15, -0.1) is 11.3 Å². The van der Waals surface area contributed by atoms with E-state index in [0.29, 0.717) is 6.54 Å². The molecule has 3 nitrogen and oxygen atoms in total. The van der Waals surface area contributed by atoms with Crippen molar-refractivity contribution in [2.75, 3.05) is 33.4 Å². The van der Waals surface area contributed by atoms with Crippen LogP contribution >= 0.6 is 27.3 Å². The SMILES string of the molecule is CCOCCN(C)C(CN)c1cc(Br)cs1. The van der Waals surface area contributed by atoms with Crippen molar-refractivity contribution in [3.63, 3.8) is 0 Å². The molecule has 2 N–H and O–H groups in total. The molecule has 0 saturated heterocycles. The van der Waals surface area contributed by atoms with E-state index < -0.39 is 0 Å². The van der Waals surface area contributed by atoms with Gasteiger partial charge in [0.25, 0.3) is 0 Å². The predicted molar refractivity (Wildman–Crippen MR) is 72.9 cm³/mol. The van der Waals surface area contributed by atoms with Crippen LogP contribution in [0.15, 0.2) is 15.9 Å². The van der Waals surface area contributed by atoms with Gasteiger partial charge in [0.1, 0.15) is 0 Å². The zero-order valence-electron chi connectivity index (χ0n) is 9.78. The summed E-state index contributed by atoms with van der Waals surface area (Å²) in [6, 6.07) is 2.43. The van der Waals surface area contributed by atoms with Crippen molar-refractivity contribution >= 4 is 27.3 Å². The maximum atomic E-state index is 5.83. The summed E-state index contributed by atoms with van der Waals surface area (Å²) in [4.78, 5) is 3.54. The molecule has 0 bridgehead atoms. The van der Waals surface area contributed by atoms with Gasteiger partial charge in [0.2, 0.25) is 0 Å². The Kier molecular flexibility index (Phi) is 6.53. The number of likely N-dealkylation sites (N-methyl/N-ethyl adjacent to an activating group) is 1. The molecular weight excluding hydrogens is 288 g/mol. The Morgan fingerprint density at radius 2 is 2.38 bits per heavy atom. The highest BCUT2D eigenvalue weighted by Crippen LogP contribution is 2.28. The summed E-state index contributed by atoms with van der Waals surface area (Å²) in [6.45, 7) is 5.08. The van der Waals surface area contributed by atoms with Gasteiger partial charge in [0.15, 0.2) is 0 Å². The number of thiophene rings is 1. The molecule has 0 aliphatic rings. The van der Waals surface area contributed by atoms with Gasteiger partial charge in [-0.25, -0.2) is 0 Å². The third-order valence-corrected chi connectivity index (χ3v) is 4.26. The molecule has 0 aliphatic heterocycles. The Morgan fingerprint density at radius 3 is 2.88 bits per heavy atom. The molecule has 1 unspecified atom stereocenters. The van der Waals surface area contributed by atoms with Crippen molar-refractivity contribution in [2.24, 2.45) is 5.73 Å². The summed E-state index contributed by atoms with van der Waals surface area (Å²) < 4.78 is 6.48. The van der Waals surface area contributed by atoms with Gasteiger partial charge >= 0.3 is 0 Å². The van der Waals surface area contributed by atoms with Crippen molar-refractivity contribution < 1.29 is 4.74 Å². The minimum atomic E-state index is 0.289. The molecule has 16 heavy (non-hydrogen) atoms. The van der Waals surface area contributed by atoms with E-state index >= 15 is 0 Å². The maximum absolute atomic E-state index is 5.83. The number of nitrogens with zero attached hydrogens (tertiary/aromatic N) is 1. The Morgan fingerprint density at radius 1 is 1.62 bits per heavy atom. The van der Waals surface area contributed by atoms with Crippen molar-refractivity contribution in [1.82, 2.24) is 4.90 Å². The Labute approximate surface area is 110 Å². The van der Waals surface area contributed by atoms with Gasteiger partial charge in [-0.1, -0.05) is 0 Å². The van der Waals surface area contributed by atoms with Crippen LogP contribution in [-0.4, -0.2) is 38.3 Å². The van der Waals surface area contributed by atoms with E-state index in [1.807, 2.05) is 6.92 Å². The second-order valence-electron chi connectivity index (χ2n) is 3.60.